The molecule has 3 N–H and O–H groups in total. The van der Waals surface area contributed by atoms with Crippen LogP contribution >= 0.6 is 11.6 Å². The molecule has 0 spiro atoms. The van der Waals surface area contributed by atoms with Gasteiger partial charge in [0.1, 0.15) is 5.82 Å². The molecular formula is C12H17ClN2O3. The third-order valence-corrected chi connectivity index (χ3v) is 2.92. The fourth-order valence-electron chi connectivity index (χ4n) is 1.42. The van der Waals surface area contributed by atoms with Crippen molar-refractivity contribution in [1.29, 1.82) is 0 Å². The van der Waals surface area contributed by atoms with Gasteiger partial charge in [0, 0.05) is 19.3 Å². The van der Waals surface area contributed by atoms with Gasteiger partial charge in [0.2, 0.25) is 0 Å². The number of anilines is 1. The van der Waals surface area contributed by atoms with Gasteiger partial charge in [0.15, 0.2) is 0 Å². The number of aliphatic hydroxyl groups excluding tert-OH is 1. The predicted octanol–water partition coefficient (Wildman–Crippen LogP) is 2.25. The van der Waals surface area contributed by atoms with Crippen molar-refractivity contribution < 1.29 is 15.0 Å². The van der Waals surface area contributed by atoms with Crippen LogP contribution in [0, 0.1) is 5.41 Å². The molecule has 0 saturated heterocycles. The van der Waals surface area contributed by atoms with Gasteiger partial charge in [-0.25, -0.2) is 9.78 Å². The van der Waals surface area contributed by atoms with Gasteiger partial charge in [0.25, 0.3) is 0 Å². The van der Waals surface area contributed by atoms with Crippen LogP contribution in [0.15, 0.2) is 12.3 Å². The highest BCUT2D eigenvalue weighted by Crippen LogP contribution is 2.22. The maximum Gasteiger partial charge on any atom is 0.337 e. The molecule has 1 rings (SSSR count). The van der Waals surface area contributed by atoms with Crippen LogP contribution in [0.1, 0.15) is 30.6 Å². The van der Waals surface area contributed by atoms with E-state index in [1.807, 2.05) is 13.8 Å². The Hall–Kier alpha value is -1.33. The molecule has 6 heteroatoms. The van der Waals surface area contributed by atoms with Crippen LogP contribution in [-0.4, -0.2) is 34.3 Å². The molecule has 0 amide bonds. The topological polar surface area (TPSA) is 82.5 Å². The molecule has 0 unspecified atom stereocenters. The molecule has 1 aromatic heterocycles. The van der Waals surface area contributed by atoms with Crippen LogP contribution in [0.3, 0.4) is 0 Å². The quantitative estimate of drug-likeness (QED) is 0.740. The van der Waals surface area contributed by atoms with Crippen LogP contribution in [0.25, 0.3) is 0 Å². The molecule has 0 saturated carbocycles. The molecule has 0 aliphatic rings. The molecule has 0 aliphatic heterocycles. The number of rotatable bonds is 6. The fraction of sp³-hybridized carbons (Fsp3) is 0.500. The molecule has 18 heavy (non-hydrogen) atoms. The van der Waals surface area contributed by atoms with E-state index >= 15 is 0 Å². The molecule has 1 aromatic rings. The van der Waals surface area contributed by atoms with E-state index in [0.717, 1.165) is 0 Å². The smallest absolute Gasteiger partial charge is 0.337 e. The summed E-state index contributed by atoms with van der Waals surface area (Å²) in [5, 5.41) is 21.0. The zero-order chi connectivity index (χ0) is 13.8. The molecule has 0 fully saturated rings. The van der Waals surface area contributed by atoms with Gasteiger partial charge in [-0.15, -0.1) is 0 Å². The summed E-state index contributed by atoms with van der Waals surface area (Å²) in [6.45, 7) is 4.71. The second-order valence-corrected chi connectivity index (χ2v) is 5.25. The van der Waals surface area contributed by atoms with E-state index in [4.69, 9.17) is 21.8 Å². The average Bonchev–Trinajstić information content (AvgIpc) is 2.27. The minimum atomic E-state index is -1.08. The Kier molecular flexibility index (Phi) is 4.93. The van der Waals surface area contributed by atoms with E-state index in [-0.39, 0.29) is 22.6 Å². The Morgan fingerprint density at radius 2 is 2.22 bits per heavy atom. The number of aromatic carboxylic acids is 1. The first kappa shape index (κ1) is 14.7. The number of aliphatic hydroxyl groups is 1. The Bertz CT molecular complexity index is 435. The highest BCUT2D eigenvalue weighted by molar-refractivity contribution is 6.33. The maximum atomic E-state index is 10.9. The minimum absolute atomic E-state index is 0.0223. The summed E-state index contributed by atoms with van der Waals surface area (Å²) >= 11 is 5.73. The summed E-state index contributed by atoms with van der Waals surface area (Å²) in [5.74, 6) is -0.622. The number of carboxylic acids is 1. The van der Waals surface area contributed by atoms with E-state index in [0.29, 0.717) is 18.8 Å². The van der Waals surface area contributed by atoms with Crippen molar-refractivity contribution in [1.82, 2.24) is 4.98 Å². The second-order valence-electron chi connectivity index (χ2n) is 4.85. The van der Waals surface area contributed by atoms with E-state index < -0.39 is 5.97 Å². The van der Waals surface area contributed by atoms with Gasteiger partial charge in [-0.2, -0.15) is 0 Å². The number of aromatic nitrogens is 1. The molecule has 0 atom stereocenters. The highest BCUT2D eigenvalue weighted by atomic mass is 35.5. The van der Waals surface area contributed by atoms with E-state index in [1.165, 1.54) is 12.3 Å². The number of nitrogens with zero attached hydrogens (tertiary/aromatic N) is 1. The van der Waals surface area contributed by atoms with Crippen molar-refractivity contribution >= 4 is 23.4 Å². The van der Waals surface area contributed by atoms with Crippen molar-refractivity contribution in [3.8, 4) is 0 Å². The molecule has 0 aromatic carbocycles. The summed E-state index contributed by atoms with van der Waals surface area (Å²) < 4.78 is 0. The van der Waals surface area contributed by atoms with Gasteiger partial charge < -0.3 is 15.5 Å². The summed E-state index contributed by atoms with van der Waals surface area (Å²) in [7, 11) is 0. The van der Waals surface area contributed by atoms with Gasteiger partial charge in [-0.3, -0.25) is 0 Å². The van der Waals surface area contributed by atoms with Crippen molar-refractivity contribution in [2.24, 2.45) is 5.41 Å². The molecule has 0 radical (unpaired) electrons. The van der Waals surface area contributed by atoms with Gasteiger partial charge in [0.05, 0.1) is 10.6 Å². The first-order valence-corrected chi connectivity index (χ1v) is 5.97. The van der Waals surface area contributed by atoms with Crippen LogP contribution in [0.4, 0.5) is 5.82 Å². The van der Waals surface area contributed by atoms with Crippen LogP contribution in [0.2, 0.25) is 5.02 Å². The normalized spacial score (nSPS) is 11.3. The van der Waals surface area contributed by atoms with Crippen molar-refractivity contribution in [2.75, 3.05) is 18.5 Å². The largest absolute Gasteiger partial charge is 0.478 e. The predicted molar refractivity (Wildman–Crippen MR) is 70.2 cm³/mol. The minimum Gasteiger partial charge on any atom is -0.478 e. The summed E-state index contributed by atoms with van der Waals surface area (Å²) in [4.78, 5) is 14.9. The van der Waals surface area contributed by atoms with Crippen molar-refractivity contribution in [2.45, 2.75) is 20.3 Å². The van der Waals surface area contributed by atoms with Gasteiger partial charge in [-0.1, -0.05) is 25.4 Å². The van der Waals surface area contributed by atoms with Gasteiger partial charge in [-0.05, 0) is 17.9 Å². The summed E-state index contributed by atoms with van der Waals surface area (Å²) in [5.41, 5.74) is -0.0754. The monoisotopic (exact) mass is 272 g/mol. The maximum absolute atomic E-state index is 10.9. The Morgan fingerprint density at radius 3 is 2.78 bits per heavy atom. The number of hydrogen-bond acceptors (Lipinski definition) is 4. The molecule has 5 nitrogen and oxygen atoms in total. The third-order valence-electron chi connectivity index (χ3n) is 2.62. The highest BCUT2D eigenvalue weighted by Gasteiger charge is 2.17. The fourth-order valence-corrected chi connectivity index (χ4v) is 1.60. The standard InChI is InChI=1S/C12H17ClN2O3/c1-12(2,3-4-16)7-15-10-5-8(11(17)18)9(13)6-14-10/h5-6,16H,3-4,7H2,1-2H3,(H,14,15)(H,17,18). The summed E-state index contributed by atoms with van der Waals surface area (Å²) in [6, 6.07) is 1.40. The summed E-state index contributed by atoms with van der Waals surface area (Å²) in [6.07, 6.45) is 1.96. The SMILES string of the molecule is CC(C)(CCO)CNc1cc(C(=O)O)c(Cl)cn1. The lowest BCUT2D eigenvalue weighted by atomic mass is 9.90. The molecule has 100 valence electrons. The number of hydrogen-bond donors (Lipinski definition) is 3. The number of carbonyl (C=O) groups is 1. The average molecular weight is 273 g/mol. The lowest BCUT2D eigenvalue weighted by Crippen LogP contribution is -2.24. The molecule has 0 aliphatic carbocycles. The van der Waals surface area contributed by atoms with E-state index in [1.54, 1.807) is 0 Å². The number of pyridine rings is 1. The zero-order valence-corrected chi connectivity index (χ0v) is 11.2. The Morgan fingerprint density at radius 1 is 1.56 bits per heavy atom. The third kappa shape index (κ3) is 4.16. The first-order chi connectivity index (χ1) is 8.35. The molecule has 0 bridgehead atoms. The van der Waals surface area contributed by atoms with Crippen molar-refractivity contribution in [3.05, 3.63) is 22.8 Å². The lowest BCUT2D eigenvalue weighted by Gasteiger charge is -2.24. The van der Waals surface area contributed by atoms with E-state index in [9.17, 15) is 4.79 Å². The number of nitrogens with one attached hydrogen (secondary N) is 1. The van der Waals surface area contributed by atoms with Crippen LogP contribution < -0.4 is 5.32 Å². The van der Waals surface area contributed by atoms with Crippen LogP contribution in [0.5, 0.6) is 0 Å². The van der Waals surface area contributed by atoms with Gasteiger partial charge >= 0.3 is 5.97 Å². The Labute approximate surface area is 111 Å². The molecule has 1 heterocycles. The molecular weight excluding hydrogens is 256 g/mol. The van der Waals surface area contributed by atoms with Crippen LogP contribution in [-0.2, 0) is 0 Å². The number of halogens is 1. The second kappa shape index (κ2) is 6.02. The first-order valence-electron chi connectivity index (χ1n) is 5.59. The number of carboxylic acid groups (broad SMARTS) is 1. The lowest BCUT2D eigenvalue weighted by molar-refractivity contribution is 0.0697. The zero-order valence-electron chi connectivity index (χ0n) is 10.4. The Balaban J connectivity index is 2.74. The van der Waals surface area contributed by atoms with E-state index in [2.05, 4.69) is 10.3 Å². The van der Waals surface area contributed by atoms with Crippen molar-refractivity contribution in [3.63, 3.8) is 0 Å².